The molecule has 2 aliphatic rings. The lowest BCUT2D eigenvalue weighted by Gasteiger charge is -2.43. The Morgan fingerprint density at radius 3 is 2.62 bits per heavy atom. The van der Waals surface area contributed by atoms with Gasteiger partial charge in [0.25, 0.3) is 0 Å². The van der Waals surface area contributed by atoms with Gasteiger partial charge < -0.3 is 15.3 Å². The Kier molecular flexibility index (Phi) is 6.43. The van der Waals surface area contributed by atoms with Crippen molar-refractivity contribution in [1.29, 1.82) is 0 Å². The molecular formula is C24H34ClFN4O2. The molecule has 1 saturated carbocycles. The van der Waals surface area contributed by atoms with Crippen molar-refractivity contribution in [2.75, 3.05) is 13.1 Å². The van der Waals surface area contributed by atoms with Gasteiger partial charge in [0.1, 0.15) is 5.67 Å². The summed E-state index contributed by atoms with van der Waals surface area (Å²) in [5.74, 6) is 0.250. The number of aromatic nitrogens is 2. The third-order valence-corrected chi connectivity index (χ3v) is 7.95. The second kappa shape index (κ2) is 8.82. The van der Waals surface area contributed by atoms with Crippen LogP contribution >= 0.6 is 11.6 Å². The van der Waals surface area contributed by atoms with E-state index in [1.807, 2.05) is 17.0 Å². The average Bonchev–Trinajstić information content (AvgIpc) is 3.22. The number of carbonyl (C=O) groups excluding carboxylic acids is 1. The lowest BCUT2D eigenvalue weighted by Crippen LogP contribution is -2.50. The Bertz CT molecular complexity index is 958. The molecule has 32 heavy (non-hydrogen) atoms. The number of halogens is 2. The van der Waals surface area contributed by atoms with Gasteiger partial charge in [-0.15, -0.1) is 0 Å². The summed E-state index contributed by atoms with van der Waals surface area (Å²) >= 11 is 6.29. The van der Waals surface area contributed by atoms with E-state index >= 15 is 0 Å². The molecule has 1 aliphatic carbocycles. The van der Waals surface area contributed by atoms with Gasteiger partial charge in [-0.2, -0.15) is 5.10 Å². The summed E-state index contributed by atoms with van der Waals surface area (Å²) in [6.07, 6.45) is 5.01. The summed E-state index contributed by atoms with van der Waals surface area (Å²) in [6, 6.07) is 3.65. The van der Waals surface area contributed by atoms with Crippen molar-refractivity contribution in [2.45, 2.75) is 77.1 Å². The number of nitrogens with one attached hydrogen (secondary N) is 2. The van der Waals surface area contributed by atoms with E-state index in [1.54, 1.807) is 13.1 Å². The molecule has 1 aromatic carbocycles. The smallest absolute Gasteiger partial charge is 0.317 e. The summed E-state index contributed by atoms with van der Waals surface area (Å²) in [5.41, 5.74) is 0.0627. The normalized spacial score (nSPS) is 26.3. The maximum Gasteiger partial charge on any atom is 0.317 e. The monoisotopic (exact) mass is 464 g/mol. The van der Waals surface area contributed by atoms with Crippen molar-refractivity contribution in [3.8, 4) is 0 Å². The molecule has 2 heterocycles. The molecule has 4 rings (SSSR count). The summed E-state index contributed by atoms with van der Waals surface area (Å²) in [4.78, 5) is 14.6. The van der Waals surface area contributed by atoms with Gasteiger partial charge in [0.15, 0.2) is 0 Å². The fraction of sp³-hybridized carbons (Fsp3) is 0.667. The largest absolute Gasteiger partial charge is 0.388 e. The summed E-state index contributed by atoms with van der Waals surface area (Å²) in [7, 11) is 0. The molecule has 0 spiro atoms. The minimum atomic E-state index is -1.10. The zero-order chi connectivity index (χ0) is 23.1. The minimum absolute atomic E-state index is 0.0525. The van der Waals surface area contributed by atoms with Crippen LogP contribution in [0.3, 0.4) is 0 Å². The van der Waals surface area contributed by atoms with Gasteiger partial charge in [0.2, 0.25) is 0 Å². The van der Waals surface area contributed by atoms with Gasteiger partial charge in [-0.3, -0.25) is 5.10 Å². The topological polar surface area (TPSA) is 81.2 Å². The SMILES string of the molecule is CC1(F)CCC(NC(=O)N2CCC(C(C)(C)[C@H](O)c3cc(Cl)cc4cn[nH]c34)CC2)CC1. The van der Waals surface area contributed by atoms with Crippen molar-refractivity contribution in [1.82, 2.24) is 20.4 Å². The molecule has 1 aromatic heterocycles. The van der Waals surface area contributed by atoms with Crippen molar-refractivity contribution in [3.05, 3.63) is 28.9 Å². The summed E-state index contributed by atoms with van der Waals surface area (Å²) in [5, 5.41) is 23.0. The van der Waals surface area contributed by atoms with Crippen molar-refractivity contribution in [2.24, 2.45) is 11.3 Å². The molecule has 1 aliphatic heterocycles. The second-order valence-electron chi connectivity index (χ2n) is 10.5. The standard InChI is InChI=1S/C24H34ClFN4O2/c1-23(2,21(31)19-13-17(25)12-15-14-27-29-20(15)19)16-6-10-30(11-7-16)22(32)28-18-4-8-24(3,26)9-5-18/h12-14,16,18,21,31H,4-11H2,1-3H3,(H,27,29)(H,28,32)/t18?,21-,24?/m1/s1. The van der Waals surface area contributed by atoms with Gasteiger partial charge in [0.05, 0.1) is 17.8 Å². The summed E-state index contributed by atoms with van der Waals surface area (Å²) < 4.78 is 14.0. The van der Waals surface area contributed by atoms with Crippen LogP contribution in [0.4, 0.5) is 9.18 Å². The first-order valence-electron chi connectivity index (χ1n) is 11.6. The molecule has 1 atom stereocenters. The van der Waals surface area contributed by atoms with Gasteiger partial charge >= 0.3 is 6.03 Å². The second-order valence-corrected chi connectivity index (χ2v) is 10.9. The zero-order valence-corrected chi connectivity index (χ0v) is 19.9. The molecule has 2 amide bonds. The van der Waals surface area contributed by atoms with E-state index in [4.69, 9.17) is 11.6 Å². The van der Waals surface area contributed by atoms with Crippen LogP contribution in [-0.2, 0) is 0 Å². The molecule has 1 saturated heterocycles. The molecular weight excluding hydrogens is 431 g/mol. The fourth-order valence-electron chi connectivity index (χ4n) is 5.34. The first-order valence-corrected chi connectivity index (χ1v) is 12.0. The number of hydrogen-bond donors (Lipinski definition) is 3. The number of H-pyrrole nitrogens is 1. The number of aromatic amines is 1. The number of hydrogen-bond acceptors (Lipinski definition) is 3. The van der Waals surface area contributed by atoms with Crippen LogP contribution in [0, 0.1) is 11.3 Å². The predicted molar refractivity (Wildman–Crippen MR) is 124 cm³/mol. The van der Waals surface area contributed by atoms with Crippen molar-refractivity contribution in [3.63, 3.8) is 0 Å². The van der Waals surface area contributed by atoms with Crippen molar-refractivity contribution < 1.29 is 14.3 Å². The van der Waals surface area contributed by atoms with E-state index in [9.17, 15) is 14.3 Å². The van der Waals surface area contributed by atoms with E-state index in [1.165, 1.54) is 0 Å². The Morgan fingerprint density at radius 1 is 1.31 bits per heavy atom. The Hall–Kier alpha value is -1.86. The van der Waals surface area contributed by atoms with E-state index in [2.05, 4.69) is 29.4 Å². The number of aliphatic hydroxyl groups is 1. The van der Waals surface area contributed by atoms with Crippen LogP contribution in [0.2, 0.25) is 5.02 Å². The number of amides is 2. The average molecular weight is 465 g/mol. The third-order valence-electron chi connectivity index (χ3n) is 7.73. The highest BCUT2D eigenvalue weighted by Crippen LogP contribution is 2.46. The number of fused-ring (bicyclic) bond motifs is 1. The Balaban J connectivity index is 1.36. The molecule has 0 unspecified atom stereocenters. The fourth-order valence-corrected chi connectivity index (χ4v) is 5.58. The first-order chi connectivity index (χ1) is 15.1. The number of alkyl halides is 1. The highest BCUT2D eigenvalue weighted by atomic mass is 35.5. The Morgan fingerprint density at radius 2 is 1.97 bits per heavy atom. The van der Waals surface area contributed by atoms with Crippen molar-refractivity contribution >= 4 is 28.5 Å². The maximum absolute atomic E-state index is 14.0. The number of carbonyl (C=O) groups is 1. The van der Waals surface area contributed by atoms with Gasteiger partial charge in [-0.1, -0.05) is 25.4 Å². The number of aliphatic hydroxyl groups excluding tert-OH is 1. The molecule has 8 heteroatoms. The van der Waals surface area contributed by atoms with Gasteiger partial charge in [0, 0.05) is 35.1 Å². The van der Waals surface area contributed by atoms with Gasteiger partial charge in [-0.25, -0.2) is 9.18 Å². The van der Waals surface area contributed by atoms with E-state index < -0.39 is 17.2 Å². The number of rotatable bonds is 4. The lowest BCUT2D eigenvalue weighted by atomic mass is 9.68. The quantitative estimate of drug-likeness (QED) is 0.569. The Labute approximate surface area is 193 Å². The van der Waals surface area contributed by atoms with Crippen LogP contribution in [0.15, 0.2) is 18.3 Å². The number of likely N-dealkylation sites (tertiary alicyclic amines) is 1. The van der Waals surface area contributed by atoms with Crippen LogP contribution in [0.25, 0.3) is 10.9 Å². The lowest BCUT2D eigenvalue weighted by molar-refractivity contribution is -0.0145. The number of benzene rings is 1. The van der Waals surface area contributed by atoms with Crippen LogP contribution in [0.5, 0.6) is 0 Å². The van der Waals surface area contributed by atoms with Crippen LogP contribution in [-0.4, -0.2) is 51.0 Å². The van der Waals surface area contributed by atoms with E-state index in [0.29, 0.717) is 43.8 Å². The molecule has 2 fully saturated rings. The zero-order valence-electron chi connectivity index (χ0n) is 19.1. The summed E-state index contributed by atoms with van der Waals surface area (Å²) in [6.45, 7) is 7.10. The highest BCUT2D eigenvalue weighted by molar-refractivity contribution is 6.31. The van der Waals surface area contributed by atoms with E-state index in [0.717, 1.165) is 29.3 Å². The van der Waals surface area contributed by atoms with Crippen LogP contribution in [0.1, 0.15) is 71.0 Å². The number of urea groups is 1. The first kappa shape index (κ1) is 23.3. The van der Waals surface area contributed by atoms with E-state index in [-0.39, 0.29) is 18.0 Å². The molecule has 0 bridgehead atoms. The molecule has 2 aromatic rings. The maximum atomic E-state index is 14.0. The van der Waals surface area contributed by atoms with Gasteiger partial charge in [-0.05, 0) is 68.9 Å². The molecule has 176 valence electrons. The predicted octanol–water partition coefficient (Wildman–Crippen LogP) is 5.37. The highest BCUT2D eigenvalue weighted by Gasteiger charge is 2.40. The van der Waals surface area contributed by atoms with Crippen LogP contribution < -0.4 is 5.32 Å². The molecule has 0 radical (unpaired) electrons. The molecule has 6 nitrogen and oxygen atoms in total. The molecule has 3 N–H and O–H groups in total. The minimum Gasteiger partial charge on any atom is -0.388 e. The third kappa shape index (κ3) is 4.74. The number of piperidine rings is 1. The number of nitrogens with zero attached hydrogens (tertiary/aromatic N) is 2.